The Balaban J connectivity index is 3.03. The van der Waals surface area contributed by atoms with Crippen molar-refractivity contribution in [2.75, 3.05) is 13.2 Å². The molecule has 1 aromatic rings. The number of esters is 1. The number of nitrogens with one attached hydrogen (secondary N) is 1. The average molecular weight is 333 g/mol. The molecule has 0 aliphatic rings. The zero-order valence-electron chi connectivity index (χ0n) is 10.1. The molecule has 0 amide bonds. The van der Waals surface area contributed by atoms with Crippen LogP contribution in [-0.4, -0.2) is 19.1 Å². The van der Waals surface area contributed by atoms with Crippen LogP contribution >= 0.6 is 27.5 Å². The molecule has 5 heteroatoms. The van der Waals surface area contributed by atoms with Crippen molar-refractivity contribution in [2.45, 2.75) is 13.0 Å². The van der Waals surface area contributed by atoms with E-state index < -0.39 is 6.04 Å². The van der Waals surface area contributed by atoms with Gasteiger partial charge < -0.3 is 4.74 Å². The van der Waals surface area contributed by atoms with Gasteiger partial charge >= 0.3 is 5.97 Å². The quantitative estimate of drug-likeness (QED) is 0.640. The van der Waals surface area contributed by atoms with E-state index in [1.807, 2.05) is 0 Å². The van der Waals surface area contributed by atoms with Gasteiger partial charge in [-0.15, -0.1) is 6.58 Å². The summed E-state index contributed by atoms with van der Waals surface area (Å²) in [6.45, 7) is 6.23. The number of benzene rings is 1. The molecule has 0 aliphatic carbocycles. The number of hydrogen-bond acceptors (Lipinski definition) is 3. The maximum atomic E-state index is 11.9. The van der Waals surface area contributed by atoms with Gasteiger partial charge in [0.25, 0.3) is 0 Å². The summed E-state index contributed by atoms with van der Waals surface area (Å²) in [5, 5.41) is 3.63. The Morgan fingerprint density at radius 3 is 3.00 bits per heavy atom. The molecular weight excluding hydrogens is 318 g/mol. The van der Waals surface area contributed by atoms with E-state index in [4.69, 9.17) is 16.3 Å². The fraction of sp³-hybridized carbons (Fsp3) is 0.308. The van der Waals surface area contributed by atoms with Crippen molar-refractivity contribution in [3.8, 4) is 0 Å². The van der Waals surface area contributed by atoms with Crippen LogP contribution in [0.2, 0.25) is 5.02 Å². The number of rotatable bonds is 6. The summed E-state index contributed by atoms with van der Waals surface area (Å²) in [4.78, 5) is 11.9. The molecule has 0 fully saturated rings. The molecule has 0 bridgehead atoms. The number of halogens is 2. The van der Waals surface area contributed by atoms with Gasteiger partial charge in [0.05, 0.1) is 6.61 Å². The SMILES string of the molecule is C=CCNC(C(=O)OCC)c1cc(Cl)ccc1Br. The molecule has 0 aromatic heterocycles. The van der Waals surface area contributed by atoms with E-state index in [0.29, 0.717) is 18.2 Å². The van der Waals surface area contributed by atoms with Gasteiger partial charge in [0.2, 0.25) is 0 Å². The van der Waals surface area contributed by atoms with Gasteiger partial charge in [-0.3, -0.25) is 5.32 Å². The average Bonchev–Trinajstić information content (AvgIpc) is 2.34. The highest BCUT2D eigenvalue weighted by Gasteiger charge is 2.23. The van der Waals surface area contributed by atoms with Gasteiger partial charge in [0.1, 0.15) is 6.04 Å². The van der Waals surface area contributed by atoms with Crippen molar-refractivity contribution in [3.63, 3.8) is 0 Å². The van der Waals surface area contributed by atoms with Crippen molar-refractivity contribution in [3.05, 3.63) is 45.9 Å². The Bertz CT molecular complexity index is 437. The molecule has 0 radical (unpaired) electrons. The molecule has 0 aliphatic heterocycles. The van der Waals surface area contributed by atoms with Crippen molar-refractivity contribution >= 4 is 33.5 Å². The Morgan fingerprint density at radius 2 is 2.39 bits per heavy atom. The monoisotopic (exact) mass is 331 g/mol. The molecule has 1 N–H and O–H groups in total. The number of carbonyl (C=O) groups excluding carboxylic acids is 1. The Morgan fingerprint density at radius 1 is 1.67 bits per heavy atom. The number of ether oxygens (including phenoxy) is 1. The van der Waals surface area contributed by atoms with Gasteiger partial charge in [0, 0.05) is 16.0 Å². The summed E-state index contributed by atoms with van der Waals surface area (Å²) < 4.78 is 5.86. The molecule has 0 heterocycles. The molecule has 0 saturated carbocycles. The van der Waals surface area contributed by atoms with E-state index in [9.17, 15) is 4.79 Å². The second-order valence-corrected chi connectivity index (χ2v) is 4.84. The van der Waals surface area contributed by atoms with E-state index in [1.54, 1.807) is 31.2 Å². The molecule has 1 rings (SSSR count). The second-order valence-electron chi connectivity index (χ2n) is 3.55. The number of carbonyl (C=O) groups is 1. The van der Waals surface area contributed by atoms with Crippen molar-refractivity contribution in [1.82, 2.24) is 5.32 Å². The topological polar surface area (TPSA) is 38.3 Å². The Kier molecular flexibility index (Phi) is 6.39. The van der Waals surface area contributed by atoms with Crippen LogP contribution in [0.3, 0.4) is 0 Å². The molecule has 0 spiro atoms. The maximum absolute atomic E-state index is 11.9. The van der Waals surface area contributed by atoms with E-state index in [0.717, 1.165) is 10.0 Å². The van der Waals surface area contributed by atoms with E-state index in [2.05, 4.69) is 27.8 Å². The Hall–Kier alpha value is -0.840. The molecule has 1 aromatic carbocycles. The molecule has 18 heavy (non-hydrogen) atoms. The molecule has 1 unspecified atom stereocenters. The summed E-state index contributed by atoms with van der Waals surface area (Å²) in [7, 11) is 0. The van der Waals surface area contributed by atoms with Crippen LogP contribution in [-0.2, 0) is 9.53 Å². The minimum atomic E-state index is -0.559. The molecule has 98 valence electrons. The summed E-state index contributed by atoms with van der Waals surface area (Å²) >= 11 is 9.37. The van der Waals surface area contributed by atoms with Crippen LogP contribution in [0.15, 0.2) is 35.3 Å². The van der Waals surface area contributed by atoms with E-state index in [1.165, 1.54) is 0 Å². The van der Waals surface area contributed by atoms with Crippen LogP contribution in [0.5, 0.6) is 0 Å². The van der Waals surface area contributed by atoms with Crippen molar-refractivity contribution in [1.29, 1.82) is 0 Å². The van der Waals surface area contributed by atoms with Gasteiger partial charge in [-0.1, -0.05) is 33.6 Å². The molecule has 1 atom stereocenters. The summed E-state index contributed by atoms with van der Waals surface area (Å²) in [6, 6.07) is 4.74. The first-order valence-corrected chi connectivity index (χ1v) is 6.73. The molecule has 3 nitrogen and oxygen atoms in total. The maximum Gasteiger partial charge on any atom is 0.327 e. The smallest absolute Gasteiger partial charge is 0.327 e. The third kappa shape index (κ3) is 4.12. The van der Waals surface area contributed by atoms with Crippen molar-refractivity contribution < 1.29 is 9.53 Å². The summed E-state index contributed by atoms with van der Waals surface area (Å²) in [5.41, 5.74) is 0.753. The lowest BCUT2D eigenvalue weighted by molar-refractivity contribution is -0.145. The second kappa shape index (κ2) is 7.56. The predicted octanol–water partition coefficient (Wildman–Crippen LogP) is 3.48. The lowest BCUT2D eigenvalue weighted by Gasteiger charge is -2.18. The zero-order valence-corrected chi connectivity index (χ0v) is 12.4. The van der Waals surface area contributed by atoms with Crippen LogP contribution in [0.1, 0.15) is 18.5 Å². The lowest BCUT2D eigenvalue weighted by atomic mass is 10.1. The highest BCUT2D eigenvalue weighted by molar-refractivity contribution is 9.10. The van der Waals surface area contributed by atoms with Gasteiger partial charge in [0.15, 0.2) is 0 Å². The van der Waals surface area contributed by atoms with E-state index in [-0.39, 0.29) is 5.97 Å². The predicted molar refractivity (Wildman–Crippen MR) is 76.7 cm³/mol. The fourth-order valence-corrected chi connectivity index (χ4v) is 2.14. The van der Waals surface area contributed by atoms with Gasteiger partial charge in [-0.05, 0) is 30.7 Å². The lowest BCUT2D eigenvalue weighted by Crippen LogP contribution is -2.30. The van der Waals surface area contributed by atoms with E-state index >= 15 is 0 Å². The summed E-state index contributed by atoms with van der Waals surface area (Å²) in [6.07, 6.45) is 1.69. The molecule has 0 saturated heterocycles. The van der Waals surface area contributed by atoms with Gasteiger partial charge in [-0.25, -0.2) is 4.79 Å². The van der Waals surface area contributed by atoms with Crippen LogP contribution in [0.4, 0.5) is 0 Å². The highest BCUT2D eigenvalue weighted by Crippen LogP contribution is 2.27. The summed E-state index contributed by atoms with van der Waals surface area (Å²) in [5.74, 6) is -0.331. The van der Waals surface area contributed by atoms with Crippen LogP contribution in [0, 0.1) is 0 Å². The first kappa shape index (κ1) is 15.2. The first-order chi connectivity index (χ1) is 8.60. The standard InChI is InChI=1S/C13H15BrClNO2/c1-3-7-16-12(13(17)18-4-2)10-8-9(15)5-6-11(10)14/h3,5-6,8,12,16H,1,4,7H2,2H3. The third-order valence-corrected chi connectivity index (χ3v) is 3.21. The first-order valence-electron chi connectivity index (χ1n) is 5.56. The van der Waals surface area contributed by atoms with Crippen LogP contribution in [0.25, 0.3) is 0 Å². The third-order valence-electron chi connectivity index (χ3n) is 2.26. The van der Waals surface area contributed by atoms with Gasteiger partial charge in [-0.2, -0.15) is 0 Å². The number of hydrogen-bond donors (Lipinski definition) is 1. The minimum Gasteiger partial charge on any atom is -0.465 e. The fourth-order valence-electron chi connectivity index (χ4n) is 1.48. The zero-order chi connectivity index (χ0) is 13.5. The largest absolute Gasteiger partial charge is 0.465 e. The van der Waals surface area contributed by atoms with Crippen LogP contribution < -0.4 is 5.32 Å². The van der Waals surface area contributed by atoms with Crippen molar-refractivity contribution in [2.24, 2.45) is 0 Å². The Labute approximate surface area is 120 Å². The molecular formula is C13H15BrClNO2. The highest BCUT2D eigenvalue weighted by atomic mass is 79.9. The minimum absolute atomic E-state index is 0.331. The normalized spacial score (nSPS) is 11.9.